The van der Waals surface area contributed by atoms with Crippen LogP contribution in [0.2, 0.25) is 0 Å². The van der Waals surface area contributed by atoms with E-state index in [-0.39, 0.29) is 18.3 Å². The first-order valence-corrected chi connectivity index (χ1v) is 16.3. The second-order valence-electron chi connectivity index (χ2n) is 13.5. The highest BCUT2D eigenvalue weighted by Gasteiger charge is 2.34. The smallest absolute Gasteiger partial charge is 0.416 e. The van der Waals surface area contributed by atoms with E-state index in [2.05, 4.69) is 10.3 Å². The van der Waals surface area contributed by atoms with Crippen molar-refractivity contribution in [1.29, 1.82) is 0 Å². The van der Waals surface area contributed by atoms with E-state index in [1.165, 1.54) is 47.7 Å². The van der Waals surface area contributed by atoms with Crippen LogP contribution in [-0.4, -0.2) is 53.1 Å². The number of nitrogens with one attached hydrogen (secondary N) is 1. The second-order valence-corrected chi connectivity index (χ2v) is 14.5. The molecular formula is C35H40F4N4O5S. The van der Waals surface area contributed by atoms with Gasteiger partial charge in [-0.15, -0.1) is 0 Å². The molecule has 0 fully saturated rings. The van der Waals surface area contributed by atoms with Crippen LogP contribution in [0.5, 0.6) is 0 Å². The highest BCUT2D eigenvalue weighted by molar-refractivity contribution is 7.19. The van der Waals surface area contributed by atoms with Gasteiger partial charge in [0.05, 0.1) is 35.3 Å². The molecule has 0 radical (unpaired) electrons. The topological polar surface area (TPSA) is 103 Å². The van der Waals surface area contributed by atoms with Gasteiger partial charge in [-0.1, -0.05) is 42.5 Å². The van der Waals surface area contributed by atoms with Crippen LogP contribution in [0.4, 0.5) is 32.3 Å². The summed E-state index contributed by atoms with van der Waals surface area (Å²) in [5, 5.41) is 4.37. The summed E-state index contributed by atoms with van der Waals surface area (Å²) in [6, 6.07) is 10.5. The van der Waals surface area contributed by atoms with E-state index in [4.69, 9.17) is 19.2 Å². The minimum atomic E-state index is -4.53. The summed E-state index contributed by atoms with van der Waals surface area (Å²) in [6.45, 7) is 11.8. The van der Waals surface area contributed by atoms with Gasteiger partial charge in [0, 0.05) is 30.7 Å². The van der Waals surface area contributed by atoms with E-state index in [1.54, 1.807) is 60.6 Å². The van der Waals surface area contributed by atoms with Gasteiger partial charge in [0.2, 0.25) is 5.95 Å². The Hall–Kier alpha value is -4.30. The largest absolute Gasteiger partial charge is 0.444 e. The van der Waals surface area contributed by atoms with Gasteiger partial charge in [0.15, 0.2) is 5.13 Å². The van der Waals surface area contributed by atoms with Crippen molar-refractivity contribution < 1.29 is 41.4 Å². The van der Waals surface area contributed by atoms with Gasteiger partial charge >= 0.3 is 18.4 Å². The average Bonchev–Trinajstić information content (AvgIpc) is 3.39. The molecular weight excluding hydrogens is 664 g/mol. The van der Waals surface area contributed by atoms with Crippen molar-refractivity contribution in [2.75, 3.05) is 18.6 Å². The Morgan fingerprint density at radius 3 is 2.18 bits per heavy atom. The van der Waals surface area contributed by atoms with E-state index in [9.17, 15) is 27.2 Å². The number of carbonyl (C=O) groups excluding carboxylic acids is 2. The number of hydrogen-bond acceptors (Lipinski definition) is 8. The molecule has 4 rings (SSSR count). The molecule has 2 aromatic heterocycles. The van der Waals surface area contributed by atoms with Crippen LogP contribution >= 0.6 is 11.3 Å². The third-order valence-corrected chi connectivity index (χ3v) is 8.38. The lowest BCUT2D eigenvalue weighted by molar-refractivity contribution is -0.137. The molecule has 4 aromatic rings. The quantitative estimate of drug-likeness (QED) is 0.137. The number of hydrogen-bond donors (Lipinski definition) is 1. The number of methoxy groups -OCH3 is 1. The Morgan fingerprint density at radius 1 is 0.939 bits per heavy atom. The second kappa shape index (κ2) is 14.7. The number of carbonyl (C=O) groups is 2. The molecule has 49 heavy (non-hydrogen) atoms. The molecule has 2 amide bonds. The molecule has 14 heteroatoms. The Bertz CT molecular complexity index is 1780. The number of amides is 2. The molecule has 0 saturated carbocycles. The molecule has 2 atom stereocenters. The SMILES string of the molecule is COCc1nc(N(CC(NC(=O)OC(C)(C)C)[C@@H](C)c2ccc(C(F)(F)F)cc2)C(=O)OC(C)(C)C)sc1-c1ccc2cnc(F)cc2c1. The number of fused-ring (bicyclic) bond motifs is 1. The number of thiazole rings is 1. The monoisotopic (exact) mass is 704 g/mol. The summed E-state index contributed by atoms with van der Waals surface area (Å²) >= 11 is 1.17. The number of rotatable bonds is 9. The zero-order valence-corrected chi connectivity index (χ0v) is 29.4. The maximum Gasteiger partial charge on any atom is 0.416 e. The molecule has 0 aliphatic rings. The predicted octanol–water partition coefficient (Wildman–Crippen LogP) is 9.10. The number of halogens is 4. The molecule has 2 aromatic carbocycles. The summed E-state index contributed by atoms with van der Waals surface area (Å²) in [4.78, 5) is 37.4. The molecule has 1 unspecified atom stereocenters. The van der Waals surface area contributed by atoms with Crippen molar-refractivity contribution in [3.63, 3.8) is 0 Å². The number of ether oxygens (including phenoxy) is 3. The third kappa shape index (κ3) is 10.1. The van der Waals surface area contributed by atoms with Crippen LogP contribution in [0, 0.1) is 5.95 Å². The van der Waals surface area contributed by atoms with E-state index in [0.717, 1.165) is 17.5 Å². The molecule has 0 saturated heterocycles. The van der Waals surface area contributed by atoms with Crippen LogP contribution in [0.3, 0.4) is 0 Å². The number of alkyl halides is 3. The van der Waals surface area contributed by atoms with E-state index < -0.39 is 53.0 Å². The number of pyridine rings is 1. The lowest BCUT2D eigenvalue weighted by atomic mass is 9.92. The van der Waals surface area contributed by atoms with Crippen LogP contribution in [0.25, 0.3) is 21.2 Å². The van der Waals surface area contributed by atoms with E-state index in [1.807, 2.05) is 6.07 Å². The van der Waals surface area contributed by atoms with Crippen LogP contribution in [0.15, 0.2) is 54.7 Å². The molecule has 0 spiro atoms. The van der Waals surface area contributed by atoms with Gasteiger partial charge in [-0.3, -0.25) is 4.90 Å². The van der Waals surface area contributed by atoms with E-state index >= 15 is 0 Å². The summed E-state index contributed by atoms with van der Waals surface area (Å²) in [5.74, 6) is -1.24. The van der Waals surface area contributed by atoms with Crippen molar-refractivity contribution in [2.45, 2.75) is 84.4 Å². The van der Waals surface area contributed by atoms with Crippen molar-refractivity contribution >= 4 is 39.4 Å². The van der Waals surface area contributed by atoms with Gasteiger partial charge in [0.25, 0.3) is 0 Å². The van der Waals surface area contributed by atoms with Crippen molar-refractivity contribution in [1.82, 2.24) is 15.3 Å². The first kappa shape index (κ1) is 37.5. The molecule has 0 bridgehead atoms. The summed E-state index contributed by atoms with van der Waals surface area (Å²) < 4.78 is 70.7. The minimum absolute atomic E-state index is 0.0816. The van der Waals surface area contributed by atoms with Crippen LogP contribution < -0.4 is 10.2 Å². The van der Waals surface area contributed by atoms with Crippen molar-refractivity contribution in [3.05, 3.63) is 77.5 Å². The number of benzene rings is 2. The Labute approximate surface area is 286 Å². The Balaban J connectivity index is 1.80. The Kier molecular flexibility index (Phi) is 11.2. The lowest BCUT2D eigenvalue weighted by Crippen LogP contribution is -2.50. The maximum atomic E-state index is 14.0. The zero-order valence-electron chi connectivity index (χ0n) is 28.6. The van der Waals surface area contributed by atoms with Gasteiger partial charge in [-0.25, -0.2) is 19.6 Å². The number of nitrogens with zero attached hydrogens (tertiary/aromatic N) is 3. The third-order valence-electron chi connectivity index (χ3n) is 7.21. The maximum absolute atomic E-state index is 14.0. The number of aromatic nitrogens is 2. The van der Waals surface area contributed by atoms with E-state index in [0.29, 0.717) is 27.1 Å². The number of anilines is 1. The van der Waals surface area contributed by atoms with Gasteiger partial charge in [-0.05, 0) is 76.3 Å². The first-order valence-electron chi connectivity index (χ1n) is 15.5. The normalized spacial score (nSPS) is 13.6. The standard InChI is InChI=1S/C35H40F4N4O5S/c1-20(21-11-13-25(14-12-21)35(37,38)39)26(42-31(44)47-33(2,3)4)18-43(32(45)48-34(5,6)7)30-41-27(19-46-8)29(49-30)22-9-10-23-17-40-28(36)16-24(23)15-22/h9-17,20,26H,18-19H2,1-8H3,(H,42,44)/t20-,26?/m0/s1. The number of alkyl carbamates (subject to hydrolysis) is 1. The molecule has 2 heterocycles. The molecule has 9 nitrogen and oxygen atoms in total. The Morgan fingerprint density at radius 2 is 1.59 bits per heavy atom. The fraction of sp³-hybridized carbons (Fsp3) is 0.429. The summed E-state index contributed by atoms with van der Waals surface area (Å²) in [6.07, 6.45) is -4.64. The van der Waals surface area contributed by atoms with Gasteiger partial charge in [-0.2, -0.15) is 17.6 Å². The van der Waals surface area contributed by atoms with Crippen LogP contribution in [0.1, 0.15) is 71.2 Å². The highest BCUT2D eigenvalue weighted by atomic mass is 32.1. The molecule has 1 N–H and O–H groups in total. The van der Waals surface area contributed by atoms with Gasteiger partial charge < -0.3 is 19.5 Å². The molecule has 0 aliphatic heterocycles. The molecule has 0 aliphatic carbocycles. The predicted molar refractivity (Wildman–Crippen MR) is 180 cm³/mol. The summed E-state index contributed by atoms with van der Waals surface area (Å²) in [7, 11) is 1.50. The highest BCUT2D eigenvalue weighted by Crippen LogP contribution is 2.38. The lowest BCUT2D eigenvalue weighted by Gasteiger charge is -2.32. The fourth-order valence-corrected chi connectivity index (χ4v) is 5.98. The van der Waals surface area contributed by atoms with Crippen LogP contribution in [-0.2, 0) is 27.0 Å². The average molecular weight is 705 g/mol. The zero-order chi connectivity index (χ0) is 36.3. The fourth-order valence-electron chi connectivity index (χ4n) is 4.91. The van der Waals surface area contributed by atoms with Crippen molar-refractivity contribution in [2.24, 2.45) is 0 Å². The molecule has 264 valence electrons. The minimum Gasteiger partial charge on any atom is -0.444 e. The first-order chi connectivity index (χ1) is 22.7. The summed E-state index contributed by atoms with van der Waals surface area (Å²) in [5.41, 5.74) is -0.902. The van der Waals surface area contributed by atoms with Gasteiger partial charge in [0.1, 0.15) is 11.2 Å². The van der Waals surface area contributed by atoms with Crippen molar-refractivity contribution in [3.8, 4) is 10.4 Å².